The van der Waals surface area contributed by atoms with Crippen molar-refractivity contribution in [2.75, 3.05) is 31.6 Å². The van der Waals surface area contributed by atoms with Crippen molar-refractivity contribution < 1.29 is 4.79 Å². The van der Waals surface area contributed by atoms with Crippen LogP contribution in [0, 0.1) is 11.8 Å². The second kappa shape index (κ2) is 8.13. The number of carbonyl (C=O) groups is 1. The zero-order chi connectivity index (χ0) is 15.9. The molecule has 1 aromatic rings. The molecular weight excluding hydrogens is 276 g/mol. The first-order valence-corrected chi connectivity index (χ1v) is 8.22. The molecule has 1 aromatic heterocycles. The van der Waals surface area contributed by atoms with Crippen LogP contribution in [0.1, 0.15) is 32.3 Å². The highest BCUT2D eigenvalue weighted by Crippen LogP contribution is 2.21. The minimum Gasteiger partial charge on any atom is -0.357 e. The number of amides is 1. The standard InChI is InChI=1S/C17H28N4O/c1-13-6-8-21(9-7-13)16-5-4-15(11-19-16)12-20-17(22)14(2)10-18-3/h4-5,11,13-14,18H,6-10,12H2,1-3H3,(H,20,22). The molecule has 2 N–H and O–H groups in total. The van der Waals surface area contributed by atoms with Crippen molar-refractivity contribution in [3.05, 3.63) is 23.9 Å². The fraction of sp³-hybridized carbons (Fsp3) is 0.647. The maximum atomic E-state index is 11.9. The van der Waals surface area contributed by atoms with Crippen molar-refractivity contribution in [2.24, 2.45) is 11.8 Å². The fourth-order valence-electron chi connectivity index (χ4n) is 2.71. The van der Waals surface area contributed by atoms with E-state index in [-0.39, 0.29) is 11.8 Å². The Hall–Kier alpha value is -1.62. The van der Waals surface area contributed by atoms with E-state index in [0.29, 0.717) is 13.1 Å². The number of nitrogens with one attached hydrogen (secondary N) is 2. The van der Waals surface area contributed by atoms with Crippen LogP contribution in [0.15, 0.2) is 18.3 Å². The second-order valence-corrected chi connectivity index (χ2v) is 6.37. The number of nitrogens with zero attached hydrogens (tertiary/aromatic N) is 2. The van der Waals surface area contributed by atoms with E-state index < -0.39 is 0 Å². The Labute approximate surface area is 133 Å². The first-order chi connectivity index (χ1) is 10.6. The van der Waals surface area contributed by atoms with Crippen LogP contribution in [0.2, 0.25) is 0 Å². The van der Waals surface area contributed by atoms with Gasteiger partial charge in [-0.25, -0.2) is 4.98 Å². The van der Waals surface area contributed by atoms with Crippen LogP contribution in [-0.2, 0) is 11.3 Å². The maximum Gasteiger partial charge on any atom is 0.224 e. The summed E-state index contributed by atoms with van der Waals surface area (Å²) in [5.41, 5.74) is 1.04. The first kappa shape index (κ1) is 16.7. The molecule has 0 radical (unpaired) electrons. The summed E-state index contributed by atoms with van der Waals surface area (Å²) in [5, 5.41) is 5.97. The predicted molar refractivity (Wildman–Crippen MR) is 89.8 cm³/mol. The molecule has 1 atom stereocenters. The Morgan fingerprint density at radius 3 is 2.73 bits per heavy atom. The SMILES string of the molecule is CNCC(C)C(=O)NCc1ccc(N2CCC(C)CC2)nc1. The Morgan fingerprint density at radius 2 is 2.14 bits per heavy atom. The largest absolute Gasteiger partial charge is 0.357 e. The number of piperidine rings is 1. The van der Waals surface area contributed by atoms with Gasteiger partial charge in [-0.15, -0.1) is 0 Å². The van der Waals surface area contributed by atoms with Crippen molar-refractivity contribution >= 4 is 11.7 Å². The van der Waals surface area contributed by atoms with Gasteiger partial charge in [-0.05, 0) is 37.4 Å². The average Bonchev–Trinajstić information content (AvgIpc) is 2.54. The van der Waals surface area contributed by atoms with Crippen molar-refractivity contribution in [1.29, 1.82) is 0 Å². The molecule has 0 aromatic carbocycles. The van der Waals surface area contributed by atoms with E-state index in [9.17, 15) is 4.79 Å². The molecule has 1 aliphatic rings. The molecule has 5 nitrogen and oxygen atoms in total. The smallest absolute Gasteiger partial charge is 0.224 e. The van der Waals surface area contributed by atoms with E-state index in [1.54, 1.807) is 0 Å². The third kappa shape index (κ3) is 4.70. The fourth-order valence-corrected chi connectivity index (χ4v) is 2.71. The van der Waals surface area contributed by atoms with Gasteiger partial charge in [-0.2, -0.15) is 0 Å². The molecule has 0 saturated carbocycles. The monoisotopic (exact) mass is 304 g/mol. The zero-order valence-corrected chi connectivity index (χ0v) is 13.9. The van der Waals surface area contributed by atoms with Crippen molar-refractivity contribution in [3.8, 4) is 0 Å². The number of rotatable bonds is 6. The number of carbonyl (C=O) groups excluding carboxylic acids is 1. The van der Waals surface area contributed by atoms with Gasteiger partial charge in [0.15, 0.2) is 0 Å². The van der Waals surface area contributed by atoms with Crippen LogP contribution in [-0.4, -0.2) is 37.6 Å². The lowest BCUT2D eigenvalue weighted by molar-refractivity contribution is -0.124. The van der Waals surface area contributed by atoms with E-state index >= 15 is 0 Å². The molecule has 1 aliphatic heterocycles. The van der Waals surface area contributed by atoms with Gasteiger partial charge in [0.2, 0.25) is 5.91 Å². The summed E-state index contributed by atoms with van der Waals surface area (Å²) >= 11 is 0. The third-order valence-corrected chi connectivity index (χ3v) is 4.34. The molecule has 1 fully saturated rings. The van der Waals surface area contributed by atoms with Crippen LogP contribution in [0.3, 0.4) is 0 Å². The molecule has 5 heteroatoms. The quantitative estimate of drug-likeness (QED) is 0.841. The first-order valence-electron chi connectivity index (χ1n) is 8.22. The predicted octanol–water partition coefficient (Wildman–Crippen LogP) is 1.79. The molecule has 2 rings (SSSR count). The van der Waals surface area contributed by atoms with Crippen molar-refractivity contribution in [3.63, 3.8) is 0 Å². The number of aromatic nitrogens is 1. The molecule has 122 valence electrons. The molecule has 2 heterocycles. The molecule has 22 heavy (non-hydrogen) atoms. The van der Waals surface area contributed by atoms with E-state index in [2.05, 4.69) is 39.6 Å². The van der Waals surface area contributed by atoms with Gasteiger partial charge in [0.05, 0.1) is 0 Å². The summed E-state index contributed by atoms with van der Waals surface area (Å²) < 4.78 is 0. The Bertz CT molecular complexity index is 466. The highest BCUT2D eigenvalue weighted by molar-refractivity contribution is 5.78. The lowest BCUT2D eigenvalue weighted by Gasteiger charge is -2.31. The number of pyridine rings is 1. The summed E-state index contributed by atoms with van der Waals surface area (Å²) in [4.78, 5) is 18.8. The summed E-state index contributed by atoms with van der Waals surface area (Å²) in [5.74, 6) is 1.92. The summed E-state index contributed by atoms with van der Waals surface area (Å²) in [7, 11) is 1.85. The minimum atomic E-state index is -0.0208. The molecule has 0 aliphatic carbocycles. The Morgan fingerprint density at radius 1 is 1.41 bits per heavy atom. The van der Waals surface area contributed by atoms with Crippen LogP contribution >= 0.6 is 0 Å². The highest BCUT2D eigenvalue weighted by Gasteiger charge is 2.16. The van der Waals surface area contributed by atoms with Gasteiger partial charge in [-0.3, -0.25) is 4.79 Å². The summed E-state index contributed by atoms with van der Waals surface area (Å²) in [6, 6.07) is 4.12. The van der Waals surface area contributed by atoms with Crippen LogP contribution in [0.5, 0.6) is 0 Å². The Balaban J connectivity index is 1.83. The van der Waals surface area contributed by atoms with Crippen LogP contribution in [0.4, 0.5) is 5.82 Å². The Kier molecular flexibility index (Phi) is 6.19. The van der Waals surface area contributed by atoms with Gasteiger partial charge in [0.25, 0.3) is 0 Å². The molecule has 1 saturated heterocycles. The number of hydrogen-bond donors (Lipinski definition) is 2. The van der Waals surface area contributed by atoms with Gasteiger partial charge in [-0.1, -0.05) is 19.9 Å². The van der Waals surface area contributed by atoms with E-state index in [1.807, 2.05) is 20.2 Å². The van der Waals surface area contributed by atoms with E-state index in [1.165, 1.54) is 12.8 Å². The highest BCUT2D eigenvalue weighted by atomic mass is 16.1. The van der Waals surface area contributed by atoms with Crippen molar-refractivity contribution in [2.45, 2.75) is 33.2 Å². The summed E-state index contributed by atoms with van der Waals surface area (Å²) in [6.07, 6.45) is 4.35. The van der Waals surface area contributed by atoms with Crippen LogP contribution in [0.25, 0.3) is 0 Å². The lowest BCUT2D eigenvalue weighted by atomic mass is 9.99. The topological polar surface area (TPSA) is 57.3 Å². The van der Waals surface area contributed by atoms with E-state index in [4.69, 9.17) is 0 Å². The molecule has 0 spiro atoms. The van der Waals surface area contributed by atoms with Gasteiger partial charge < -0.3 is 15.5 Å². The molecular formula is C17H28N4O. The van der Waals surface area contributed by atoms with Gasteiger partial charge in [0.1, 0.15) is 5.82 Å². The number of anilines is 1. The molecule has 1 unspecified atom stereocenters. The van der Waals surface area contributed by atoms with Gasteiger partial charge in [0, 0.05) is 38.3 Å². The second-order valence-electron chi connectivity index (χ2n) is 6.37. The maximum absolute atomic E-state index is 11.9. The normalized spacial score (nSPS) is 17.3. The van der Waals surface area contributed by atoms with Crippen molar-refractivity contribution in [1.82, 2.24) is 15.6 Å². The van der Waals surface area contributed by atoms with Crippen LogP contribution < -0.4 is 15.5 Å². The summed E-state index contributed by atoms with van der Waals surface area (Å²) in [6.45, 7) is 7.64. The van der Waals surface area contributed by atoms with E-state index in [0.717, 1.165) is 30.4 Å². The lowest BCUT2D eigenvalue weighted by Crippen LogP contribution is -2.34. The molecule has 0 bridgehead atoms. The molecule has 1 amide bonds. The van der Waals surface area contributed by atoms with Gasteiger partial charge >= 0.3 is 0 Å². The third-order valence-electron chi connectivity index (χ3n) is 4.34. The minimum absolute atomic E-state index is 0.0208. The number of hydrogen-bond acceptors (Lipinski definition) is 4. The average molecular weight is 304 g/mol. The zero-order valence-electron chi connectivity index (χ0n) is 13.9.